The highest BCUT2D eigenvalue weighted by molar-refractivity contribution is 6.37. The van der Waals surface area contributed by atoms with Gasteiger partial charge < -0.3 is 34.2 Å². The van der Waals surface area contributed by atoms with Gasteiger partial charge in [0, 0.05) is 39.5 Å². The third-order valence-electron chi connectivity index (χ3n) is 8.11. The Labute approximate surface area is 187 Å². The first-order valence-electron chi connectivity index (χ1n) is 11.2. The van der Waals surface area contributed by atoms with E-state index in [1.54, 1.807) is 0 Å². The van der Waals surface area contributed by atoms with E-state index in [4.69, 9.17) is 4.74 Å². The molecule has 5 heterocycles. The van der Waals surface area contributed by atoms with Crippen LogP contribution >= 0.6 is 0 Å². The van der Waals surface area contributed by atoms with Crippen molar-refractivity contribution < 1.29 is 20.1 Å². The Morgan fingerprint density at radius 2 is 1.67 bits per heavy atom. The molecule has 0 spiro atoms. The van der Waals surface area contributed by atoms with Crippen LogP contribution in [-0.2, 0) is 10.5 Å². The summed E-state index contributed by atoms with van der Waals surface area (Å²) in [5.74, 6) is 0.139. The van der Waals surface area contributed by atoms with Crippen LogP contribution in [0.4, 0.5) is 0 Å². The van der Waals surface area contributed by atoms with E-state index < -0.39 is 24.2 Å². The average Bonchev–Trinajstić information content (AvgIpc) is 3.51. The van der Waals surface area contributed by atoms with Gasteiger partial charge in [-0.3, -0.25) is 0 Å². The molecule has 7 nitrogen and oxygen atoms in total. The summed E-state index contributed by atoms with van der Waals surface area (Å²) < 4.78 is 10.9. The van der Waals surface area contributed by atoms with Gasteiger partial charge in [-0.05, 0) is 19.1 Å². The summed E-state index contributed by atoms with van der Waals surface area (Å²) in [7, 11) is 0. The molecule has 4 N–H and O–H groups in total. The number of para-hydroxylation sites is 2. The van der Waals surface area contributed by atoms with Crippen LogP contribution in [0.3, 0.4) is 0 Å². The number of H-pyrrole nitrogens is 1. The highest BCUT2D eigenvalue weighted by Gasteiger charge is 2.60. The Bertz CT molecular complexity index is 1830. The van der Waals surface area contributed by atoms with Crippen LogP contribution in [0.15, 0.2) is 54.7 Å². The number of aromatic amines is 1. The minimum atomic E-state index is -1.48. The largest absolute Gasteiger partial charge is 0.494 e. The average molecular weight is 439 g/mol. The fourth-order valence-corrected chi connectivity index (χ4v) is 6.60. The van der Waals surface area contributed by atoms with Gasteiger partial charge in [-0.15, -0.1) is 0 Å². The van der Waals surface area contributed by atoms with E-state index in [0.29, 0.717) is 0 Å². The number of benzene rings is 3. The van der Waals surface area contributed by atoms with E-state index in [0.717, 1.165) is 54.4 Å². The van der Waals surface area contributed by atoms with Crippen molar-refractivity contribution in [2.75, 3.05) is 6.61 Å². The number of aromatic nitrogens is 3. The molecule has 3 aromatic heterocycles. The van der Waals surface area contributed by atoms with Gasteiger partial charge >= 0.3 is 0 Å². The lowest BCUT2D eigenvalue weighted by Gasteiger charge is -2.38. The maximum Gasteiger partial charge on any atom is 0.197 e. The number of ether oxygens (including phenoxy) is 1. The van der Waals surface area contributed by atoms with E-state index >= 15 is 0 Å². The number of nitrogens with zero attached hydrogens (tertiary/aromatic N) is 2. The second kappa shape index (κ2) is 5.34. The van der Waals surface area contributed by atoms with Crippen LogP contribution in [-0.4, -0.2) is 41.6 Å². The first-order valence-corrected chi connectivity index (χ1v) is 11.2. The van der Waals surface area contributed by atoms with E-state index in [-0.39, 0.29) is 12.3 Å². The number of aliphatic hydroxyl groups is 2. The summed E-state index contributed by atoms with van der Waals surface area (Å²) in [6, 6.07) is 16.2. The molecule has 164 valence electrons. The van der Waals surface area contributed by atoms with Crippen LogP contribution in [0.2, 0.25) is 0 Å². The number of nitrogens with one attached hydrogen (secondary N) is 1. The molecule has 3 atom stereocenters. The number of hydrogen-bond acceptors (Lipinski definition) is 4. The van der Waals surface area contributed by atoms with Crippen molar-refractivity contribution >= 4 is 54.4 Å². The lowest BCUT2D eigenvalue weighted by Crippen LogP contribution is -2.52. The molecule has 2 bridgehead atoms. The molecule has 2 aliphatic rings. The lowest BCUT2D eigenvalue weighted by atomic mass is 9.90. The zero-order valence-corrected chi connectivity index (χ0v) is 17.8. The highest BCUT2D eigenvalue weighted by atomic mass is 16.6. The molecule has 1 fully saturated rings. The molecule has 0 aliphatic carbocycles. The summed E-state index contributed by atoms with van der Waals surface area (Å²) in [4.78, 5) is 3.04. The molecule has 8 rings (SSSR count). The molecule has 0 unspecified atom stereocenters. The maximum absolute atomic E-state index is 11.7. The molecular weight excluding hydrogens is 418 g/mol. The Balaban J connectivity index is 1.81. The first-order chi connectivity index (χ1) is 16.0. The van der Waals surface area contributed by atoms with Crippen LogP contribution in [0.1, 0.15) is 19.6 Å². The predicted molar refractivity (Wildman–Crippen MR) is 126 cm³/mol. The Morgan fingerprint density at radius 1 is 0.970 bits per heavy atom. The van der Waals surface area contributed by atoms with Crippen molar-refractivity contribution in [3.05, 3.63) is 54.7 Å². The summed E-state index contributed by atoms with van der Waals surface area (Å²) >= 11 is 0. The fraction of sp³-hybridized carbons (Fsp3) is 0.231. The summed E-state index contributed by atoms with van der Waals surface area (Å²) in [6.07, 6.45) is 1.63. The Kier molecular flexibility index (Phi) is 2.91. The number of hydrogen-bond donors (Lipinski definition) is 4. The van der Waals surface area contributed by atoms with Gasteiger partial charge in [0.2, 0.25) is 0 Å². The van der Waals surface area contributed by atoms with Crippen LogP contribution in [0.5, 0.6) is 5.88 Å². The van der Waals surface area contributed by atoms with Gasteiger partial charge in [0.25, 0.3) is 0 Å². The van der Waals surface area contributed by atoms with E-state index in [1.165, 1.54) is 0 Å². The molecule has 3 aromatic carbocycles. The van der Waals surface area contributed by atoms with Crippen molar-refractivity contribution in [1.82, 2.24) is 14.1 Å². The summed E-state index contributed by atoms with van der Waals surface area (Å²) in [5, 5.41) is 38.7. The number of fused-ring (bicyclic) bond motifs is 13. The standard InChI is InChI=1S/C26H21N3O4/c1-25-26(32,12-30)10-18(33-25)28-16-8-4-2-6-13(16)20-21-15(11-27-24(21)31)19-14-7-3-5-9-17(14)29(25)23(19)22(20)28/h2-9,11,18,27,30-32H,10,12H2,1H3/t18-,25+,26+/m1/s1. The number of aliphatic hydroxyl groups excluding tert-OH is 1. The third kappa shape index (κ3) is 1.73. The van der Waals surface area contributed by atoms with E-state index in [1.807, 2.05) is 49.5 Å². The minimum Gasteiger partial charge on any atom is -0.494 e. The normalized spacial score (nSPS) is 26.6. The van der Waals surface area contributed by atoms with Crippen LogP contribution < -0.4 is 0 Å². The summed E-state index contributed by atoms with van der Waals surface area (Å²) in [5.41, 5.74) is 1.12. The smallest absolute Gasteiger partial charge is 0.197 e. The minimum absolute atomic E-state index is 0.139. The molecule has 33 heavy (non-hydrogen) atoms. The third-order valence-corrected chi connectivity index (χ3v) is 8.11. The number of rotatable bonds is 1. The lowest BCUT2D eigenvalue weighted by molar-refractivity contribution is -0.189. The predicted octanol–water partition coefficient (Wildman–Crippen LogP) is 4.42. The fourth-order valence-electron chi connectivity index (χ4n) is 6.60. The molecule has 0 saturated carbocycles. The van der Waals surface area contributed by atoms with Gasteiger partial charge in [0.05, 0.1) is 34.1 Å². The molecule has 0 radical (unpaired) electrons. The number of aromatic hydroxyl groups is 1. The van der Waals surface area contributed by atoms with Crippen molar-refractivity contribution in [2.24, 2.45) is 0 Å². The Morgan fingerprint density at radius 3 is 2.42 bits per heavy atom. The van der Waals surface area contributed by atoms with Crippen molar-refractivity contribution in [3.8, 4) is 5.88 Å². The van der Waals surface area contributed by atoms with E-state index in [2.05, 4.69) is 26.3 Å². The highest BCUT2D eigenvalue weighted by Crippen LogP contribution is 2.57. The van der Waals surface area contributed by atoms with Crippen molar-refractivity contribution in [3.63, 3.8) is 0 Å². The van der Waals surface area contributed by atoms with Gasteiger partial charge in [-0.1, -0.05) is 36.4 Å². The monoisotopic (exact) mass is 439 g/mol. The van der Waals surface area contributed by atoms with Gasteiger partial charge in [-0.2, -0.15) is 0 Å². The van der Waals surface area contributed by atoms with Gasteiger partial charge in [0.1, 0.15) is 11.8 Å². The van der Waals surface area contributed by atoms with Crippen LogP contribution in [0, 0.1) is 0 Å². The topological polar surface area (TPSA) is 95.6 Å². The molecule has 1 saturated heterocycles. The van der Waals surface area contributed by atoms with E-state index in [9.17, 15) is 15.3 Å². The molecule has 7 heteroatoms. The first kappa shape index (κ1) is 18.0. The van der Waals surface area contributed by atoms with Crippen molar-refractivity contribution in [1.29, 1.82) is 0 Å². The van der Waals surface area contributed by atoms with Gasteiger partial charge in [-0.25, -0.2) is 0 Å². The molecule has 6 aromatic rings. The molecular formula is C26H21N3O4. The van der Waals surface area contributed by atoms with Crippen LogP contribution in [0.25, 0.3) is 54.4 Å². The SMILES string of the molecule is C[C@]12O[C@H](C[C@]1(O)CO)n1c3ccccc3c3c4c(O)[nH]cc4c4c5ccccc5n2c4c31. The van der Waals surface area contributed by atoms with Gasteiger partial charge in [0.15, 0.2) is 11.6 Å². The molecule has 0 amide bonds. The second-order valence-electron chi connectivity index (χ2n) is 9.56. The molecule has 2 aliphatic heterocycles. The Hall–Kier alpha value is -3.52. The zero-order valence-electron chi connectivity index (χ0n) is 17.8. The summed E-state index contributed by atoms with van der Waals surface area (Å²) in [6.45, 7) is 1.45. The quantitative estimate of drug-likeness (QED) is 0.305. The zero-order chi connectivity index (χ0) is 22.3. The second-order valence-corrected chi connectivity index (χ2v) is 9.56. The maximum atomic E-state index is 11.7. The van der Waals surface area contributed by atoms with Crippen molar-refractivity contribution in [2.45, 2.75) is 30.9 Å².